The Kier molecular flexibility index (Phi) is 6.85. The monoisotopic (exact) mass is 628 g/mol. The van der Waals surface area contributed by atoms with Crippen molar-refractivity contribution in [1.29, 1.82) is 0 Å². The van der Waals surface area contributed by atoms with Crippen LogP contribution in [0, 0.1) is 0 Å². The average molecular weight is 629 g/mol. The first-order chi connectivity index (χ1) is 24.0. The summed E-state index contributed by atoms with van der Waals surface area (Å²) in [5, 5.41) is 8.17. The fraction of sp³-hybridized carbons (Fsp3) is 0.143. The van der Waals surface area contributed by atoms with Crippen LogP contribution in [0.15, 0.2) is 146 Å². The second-order valence-electron chi connectivity index (χ2n) is 14.1. The maximum absolute atomic E-state index is 2.41. The fourth-order valence-corrected chi connectivity index (χ4v) is 8.64. The highest BCUT2D eigenvalue weighted by Gasteiger charge is 2.35. The van der Waals surface area contributed by atoms with Crippen molar-refractivity contribution in [2.24, 2.45) is 0 Å². The van der Waals surface area contributed by atoms with Gasteiger partial charge >= 0.3 is 0 Å². The molecule has 2 aliphatic rings. The van der Waals surface area contributed by atoms with Gasteiger partial charge in [-0.15, -0.1) is 0 Å². The SMILES string of the molecule is CC.CC1(C)c2ccccc2-c2ccc(-c3ccc4cc(-c5ccc(-c6ccc7c8c6ccc6cccc(c68)CC7)cc5)ccc4c3)cc21. The van der Waals surface area contributed by atoms with Crippen molar-refractivity contribution in [1.82, 2.24) is 0 Å². The summed E-state index contributed by atoms with van der Waals surface area (Å²) in [7, 11) is 0. The van der Waals surface area contributed by atoms with Crippen molar-refractivity contribution >= 4 is 32.3 Å². The van der Waals surface area contributed by atoms with Gasteiger partial charge in [0.05, 0.1) is 0 Å². The molecule has 49 heavy (non-hydrogen) atoms. The lowest BCUT2D eigenvalue weighted by atomic mass is 9.81. The zero-order valence-corrected chi connectivity index (χ0v) is 28.8. The van der Waals surface area contributed by atoms with Gasteiger partial charge in [0.1, 0.15) is 0 Å². The quantitative estimate of drug-likeness (QED) is 0.171. The molecule has 0 atom stereocenters. The number of aryl methyl sites for hydroxylation is 2. The predicted molar refractivity (Wildman–Crippen MR) is 212 cm³/mol. The maximum atomic E-state index is 2.41. The van der Waals surface area contributed by atoms with E-state index in [1.807, 2.05) is 13.8 Å². The van der Waals surface area contributed by atoms with Crippen LogP contribution in [0.5, 0.6) is 0 Å². The first-order valence-corrected chi connectivity index (χ1v) is 17.9. The third-order valence-corrected chi connectivity index (χ3v) is 11.1. The molecule has 8 aromatic carbocycles. The Bertz CT molecular complexity index is 2580. The molecule has 0 radical (unpaired) electrons. The van der Waals surface area contributed by atoms with E-state index < -0.39 is 0 Å². The molecule has 0 saturated carbocycles. The van der Waals surface area contributed by atoms with E-state index in [0.717, 1.165) is 12.8 Å². The summed E-state index contributed by atoms with van der Waals surface area (Å²) >= 11 is 0. The fourth-order valence-electron chi connectivity index (χ4n) is 8.64. The van der Waals surface area contributed by atoms with Gasteiger partial charge in [-0.2, -0.15) is 0 Å². The minimum atomic E-state index is 0.00582. The molecular weight excluding hydrogens is 589 g/mol. The number of hydrogen-bond acceptors (Lipinski definition) is 0. The molecule has 0 aliphatic heterocycles. The molecule has 0 heteroatoms. The van der Waals surface area contributed by atoms with Crippen LogP contribution in [0.1, 0.15) is 49.9 Å². The Labute approximate surface area is 289 Å². The summed E-state index contributed by atoms with van der Waals surface area (Å²) in [6, 6.07) is 55.0. The van der Waals surface area contributed by atoms with E-state index in [-0.39, 0.29) is 5.41 Å². The second-order valence-corrected chi connectivity index (χ2v) is 14.1. The largest absolute Gasteiger partial charge is 0.0683 e. The van der Waals surface area contributed by atoms with Gasteiger partial charge in [0.25, 0.3) is 0 Å². The van der Waals surface area contributed by atoms with Gasteiger partial charge in [0.15, 0.2) is 0 Å². The molecule has 0 unspecified atom stereocenters. The Hall–Kier alpha value is -5.46. The first-order valence-electron chi connectivity index (χ1n) is 17.9. The first kappa shape index (κ1) is 29.7. The van der Waals surface area contributed by atoms with Crippen molar-refractivity contribution in [3.63, 3.8) is 0 Å². The molecule has 8 aromatic rings. The average Bonchev–Trinajstić information content (AvgIpc) is 3.39. The molecule has 0 spiro atoms. The lowest BCUT2D eigenvalue weighted by Crippen LogP contribution is -2.14. The highest BCUT2D eigenvalue weighted by atomic mass is 14.4. The van der Waals surface area contributed by atoms with E-state index in [4.69, 9.17) is 0 Å². The van der Waals surface area contributed by atoms with Crippen LogP contribution in [-0.4, -0.2) is 0 Å². The Morgan fingerprint density at radius 1 is 0.388 bits per heavy atom. The molecule has 0 N–H and O–H groups in total. The minimum absolute atomic E-state index is 0.00582. The molecule has 10 rings (SSSR count). The third kappa shape index (κ3) is 4.58. The van der Waals surface area contributed by atoms with Crippen molar-refractivity contribution in [2.45, 2.75) is 46.0 Å². The molecular formula is C49H40. The summed E-state index contributed by atoms with van der Waals surface area (Å²) in [6.45, 7) is 8.70. The number of fused-ring (bicyclic) bond motifs is 4. The van der Waals surface area contributed by atoms with Gasteiger partial charge in [-0.1, -0.05) is 155 Å². The molecule has 236 valence electrons. The molecule has 0 aromatic heterocycles. The minimum Gasteiger partial charge on any atom is -0.0683 e. The van der Waals surface area contributed by atoms with Crippen LogP contribution in [0.3, 0.4) is 0 Å². The molecule has 0 fully saturated rings. The predicted octanol–water partition coefficient (Wildman–Crippen LogP) is 13.6. The second kappa shape index (κ2) is 11.3. The van der Waals surface area contributed by atoms with Gasteiger partial charge in [0.2, 0.25) is 0 Å². The Balaban J connectivity index is 0.00000160. The number of benzene rings is 8. The van der Waals surface area contributed by atoms with Crippen LogP contribution >= 0.6 is 0 Å². The van der Waals surface area contributed by atoms with E-state index in [1.165, 1.54) is 99.1 Å². The van der Waals surface area contributed by atoms with E-state index in [9.17, 15) is 0 Å². The highest BCUT2D eigenvalue weighted by Crippen LogP contribution is 2.49. The zero-order chi connectivity index (χ0) is 33.3. The van der Waals surface area contributed by atoms with Gasteiger partial charge in [-0.25, -0.2) is 0 Å². The van der Waals surface area contributed by atoms with Gasteiger partial charge in [-0.3, -0.25) is 0 Å². The molecule has 2 aliphatic carbocycles. The lowest BCUT2D eigenvalue weighted by molar-refractivity contribution is 0.660. The van der Waals surface area contributed by atoms with E-state index in [0.29, 0.717) is 0 Å². The molecule has 0 amide bonds. The number of rotatable bonds is 3. The van der Waals surface area contributed by atoms with Crippen molar-refractivity contribution in [3.8, 4) is 44.5 Å². The van der Waals surface area contributed by atoms with Crippen LogP contribution in [0.25, 0.3) is 76.8 Å². The highest BCUT2D eigenvalue weighted by molar-refractivity contribution is 6.15. The zero-order valence-electron chi connectivity index (χ0n) is 28.8. The van der Waals surface area contributed by atoms with Crippen LogP contribution in [0.4, 0.5) is 0 Å². The summed E-state index contributed by atoms with van der Waals surface area (Å²) in [5.74, 6) is 0. The number of hydrogen-bond donors (Lipinski definition) is 0. The van der Waals surface area contributed by atoms with Crippen LogP contribution in [0.2, 0.25) is 0 Å². The summed E-state index contributed by atoms with van der Waals surface area (Å²) in [5.41, 5.74) is 16.2. The van der Waals surface area contributed by atoms with E-state index >= 15 is 0 Å². The lowest BCUT2D eigenvalue weighted by Gasteiger charge is -2.22. The third-order valence-electron chi connectivity index (χ3n) is 11.1. The molecule has 0 nitrogen and oxygen atoms in total. The van der Waals surface area contributed by atoms with Crippen molar-refractivity contribution in [3.05, 3.63) is 168 Å². The van der Waals surface area contributed by atoms with Gasteiger partial charge < -0.3 is 0 Å². The van der Waals surface area contributed by atoms with Gasteiger partial charge in [-0.05, 0) is 130 Å². The molecule has 0 heterocycles. The topological polar surface area (TPSA) is 0 Å². The van der Waals surface area contributed by atoms with Crippen LogP contribution in [-0.2, 0) is 18.3 Å². The molecule has 0 saturated heterocycles. The summed E-state index contributed by atoms with van der Waals surface area (Å²) in [4.78, 5) is 0. The summed E-state index contributed by atoms with van der Waals surface area (Å²) in [6.07, 6.45) is 2.25. The smallest absolute Gasteiger partial charge is 0.0159 e. The Morgan fingerprint density at radius 3 is 1.73 bits per heavy atom. The van der Waals surface area contributed by atoms with Crippen LogP contribution < -0.4 is 0 Å². The van der Waals surface area contributed by atoms with Gasteiger partial charge in [0, 0.05) is 5.41 Å². The Morgan fingerprint density at radius 2 is 0.959 bits per heavy atom. The maximum Gasteiger partial charge on any atom is 0.0159 e. The molecule has 0 bridgehead atoms. The van der Waals surface area contributed by atoms with Crippen molar-refractivity contribution < 1.29 is 0 Å². The van der Waals surface area contributed by atoms with Crippen molar-refractivity contribution in [2.75, 3.05) is 0 Å². The van der Waals surface area contributed by atoms with E-state index in [1.54, 1.807) is 0 Å². The standard InChI is InChI=1S/C47H34.C2H6/c1-47(2)43-9-4-3-8-40(43)41-24-22-38(28-44(41)47)37-19-18-35-26-34(16-17-36(35)27-37)29-10-12-30(13-11-29)39-23-20-33-15-14-31-6-5-7-32-21-25-42(39)46(33)45(31)32;1-2/h3-13,16-28H,14-15H2,1-2H3;1-2H3. The normalized spacial score (nSPS) is 13.7. The van der Waals surface area contributed by atoms with E-state index in [2.05, 4.69) is 159 Å². The summed E-state index contributed by atoms with van der Waals surface area (Å²) < 4.78 is 0.